The van der Waals surface area contributed by atoms with E-state index < -0.39 is 0 Å². The van der Waals surface area contributed by atoms with Crippen LogP contribution in [0.1, 0.15) is 44.1 Å². The van der Waals surface area contributed by atoms with E-state index in [1.807, 2.05) is 0 Å². The van der Waals surface area contributed by atoms with Crippen LogP contribution in [0.15, 0.2) is 18.2 Å². The molecular formula is C21H30N2OS. The van der Waals surface area contributed by atoms with Crippen molar-refractivity contribution in [2.75, 3.05) is 42.6 Å². The number of piperidine rings is 1. The number of thioether (sulfide) groups is 1. The summed E-state index contributed by atoms with van der Waals surface area (Å²) in [5.41, 5.74) is 2.96. The maximum atomic E-state index is 6.63. The quantitative estimate of drug-likeness (QED) is 0.795. The molecule has 1 aromatic rings. The first-order valence-corrected chi connectivity index (χ1v) is 11.4. The Morgan fingerprint density at radius 1 is 1.00 bits per heavy atom. The minimum Gasteiger partial charge on any atom is -0.487 e. The number of likely N-dealkylation sites (tertiary alicyclic amines) is 1. The van der Waals surface area contributed by atoms with Crippen LogP contribution < -0.4 is 9.64 Å². The second kappa shape index (κ2) is 6.70. The summed E-state index contributed by atoms with van der Waals surface area (Å²) in [6, 6.07) is 7.84. The van der Waals surface area contributed by atoms with Gasteiger partial charge in [0, 0.05) is 49.4 Å². The molecule has 1 spiro atoms. The predicted octanol–water partition coefficient (Wildman–Crippen LogP) is 3.95. The molecule has 4 aliphatic rings. The van der Waals surface area contributed by atoms with Gasteiger partial charge in [0.05, 0.1) is 0 Å². The fraction of sp³-hybridized carbons (Fsp3) is 0.714. The van der Waals surface area contributed by atoms with Crippen LogP contribution in [-0.2, 0) is 6.42 Å². The molecule has 0 aromatic heterocycles. The summed E-state index contributed by atoms with van der Waals surface area (Å²) >= 11 is 2.07. The molecule has 0 bridgehead atoms. The molecule has 1 aliphatic carbocycles. The fourth-order valence-electron chi connectivity index (χ4n) is 4.93. The average molecular weight is 359 g/mol. The molecule has 0 amide bonds. The lowest BCUT2D eigenvalue weighted by Crippen LogP contribution is -2.53. The Kier molecular flexibility index (Phi) is 4.37. The number of benzene rings is 1. The third kappa shape index (κ3) is 3.16. The van der Waals surface area contributed by atoms with Gasteiger partial charge in [0.2, 0.25) is 0 Å². The van der Waals surface area contributed by atoms with Gasteiger partial charge in [-0.05, 0) is 62.3 Å². The molecule has 5 rings (SSSR count). The molecular weight excluding hydrogens is 328 g/mol. The van der Waals surface area contributed by atoms with E-state index >= 15 is 0 Å². The van der Waals surface area contributed by atoms with Crippen LogP contribution in [0.25, 0.3) is 0 Å². The number of aryl methyl sites for hydroxylation is 1. The average Bonchev–Trinajstić information content (AvgIpc) is 2.63. The molecule has 0 radical (unpaired) electrons. The molecule has 136 valence electrons. The largest absolute Gasteiger partial charge is 0.487 e. The van der Waals surface area contributed by atoms with Crippen LogP contribution in [0.3, 0.4) is 0 Å². The molecule has 2 saturated heterocycles. The summed E-state index contributed by atoms with van der Waals surface area (Å²) in [4.78, 5) is 5.27. The molecule has 0 atom stereocenters. The summed E-state index contributed by atoms with van der Waals surface area (Å²) in [5, 5.41) is 0. The number of hydrogen-bond donors (Lipinski definition) is 0. The number of anilines is 1. The number of hydrogen-bond acceptors (Lipinski definition) is 4. The second-order valence-electron chi connectivity index (χ2n) is 8.30. The van der Waals surface area contributed by atoms with Gasteiger partial charge >= 0.3 is 0 Å². The molecule has 0 N–H and O–H groups in total. The monoisotopic (exact) mass is 358 g/mol. The zero-order valence-corrected chi connectivity index (χ0v) is 16.0. The summed E-state index contributed by atoms with van der Waals surface area (Å²) in [7, 11) is 0. The number of nitrogens with zero attached hydrogens (tertiary/aromatic N) is 2. The van der Waals surface area contributed by atoms with Crippen molar-refractivity contribution in [2.45, 2.75) is 56.6 Å². The molecule has 25 heavy (non-hydrogen) atoms. The fourth-order valence-corrected chi connectivity index (χ4v) is 5.83. The van der Waals surface area contributed by atoms with E-state index in [-0.39, 0.29) is 5.60 Å². The third-order valence-electron chi connectivity index (χ3n) is 6.90. The Labute approximate surface area is 156 Å². The minimum atomic E-state index is 0.122. The van der Waals surface area contributed by atoms with Crippen LogP contribution in [0, 0.1) is 0 Å². The molecule has 3 fully saturated rings. The Morgan fingerprint density at radius 3 is 2.52 bits per heavy atom. The molecule has 3 nitrogen and oxygen atoms in total. The van der Waals surface area contributed by atoms with E-state index in [2.05, 4.69) is 39.8 Å². The van der Waals surface area contributed by atoms with Crippen molar-refractivity contribution in [3.8, 4) is 5.75 Å². The van der Waals surface area contributed by atoms with Crippen molar-refractivity contribution in [1.29, 1.82) is 0 Å². The number of fused-ring (bicyclic) bond motifs is 1. The van der Waals surface area contributed by atoms with Crippen molar-refractivity contribution in [1.82, 2.24) is 4.90 Å². The van der Waals surface area contributed by atoms with Crippen molar-refractivity contribution in [2.24, 2.45) is 0 Å². The van der Waals surface area contributed by atoms with Gasteiger partial charge in [0.1, 0.15) is 11.4 Å². The van der Waals surface area contributed by atoms with Crippen molar-refractivity contribution in [3.05, 3.63) is 23.8 Å². The normalized spacial score (nSPS) is 26.8. The maximum Gasteiger partial charge on any atom is 0.123 e. The van der Waals surface area contributed by atoms with Gasteiger partial charge in [-0.1, -0.05) is 6.42 Å². The first-order valence-electron chi connectivity index (χ1n) is 10.2. The van der Waals surface area contributed by atoms with E-state index in [4.69, 9.17) is 4.74 Å². The van der Waals surface area contributed by atoms with E-state index in [1.165, 1.54) is 99.6 Å². The van der Waals surface area contributed by atoms with Crippen molar-refractivity contribution < 1.29 is 4.74 Å². The van der Waals surface area contributed by atoms with Gasteiger partial charge in [0.15, 0.2) is 0 Å². The van der Waals surface area contributed by atoms with Gasteiger partial charge in [0.25, 0.3) is 0 Å². The second-order valence-corrected chi connectivity index (χ2v) is 9.52. The summed E-state index contributed by atoms with van der Waals surface area (Å²) in [5.74, 6) is 3.68. The Bertz CT molecular complexity index is 616. The van der Waals surface area contributed by atoms with Crippen molar-refractivity contribution >= 4 is 17.4 Å². The van der Waals surface area contributed by atoms with Gasteiger partial charge in [-0.2, -0.15) is 11.8 Å². The highest BCUT2D eigenvalue weighted by molar-refractivity contribution is 7.99. The number of rotatable bonds is 2. The topological polar surface area (TPSA) is 15.7 Å². The van der Waals surface area contributed by atoms with Gasteiger partial charge < -0.3 is 14.5 Å². The van der Waals surface area contributed by atoms with Gasteiger partial charge in [-0.15, -0.1) is 0 Å². The zero-order valence-electron chi connectivity index (χ0n) is 15.2. The van der Waals surface area contributed by atoms with Crippen LogP contribution in [0.5, 0.6) is 5.75 Å². The molecule has 3 aliphatic heterocycles. The Balaban J connectivity index is 1.27. The first kappa shape index (κ1) is 16.3. The van der Waals surface area contributed by atoms with E-state index in [1.54, 1.807) is 0 Å². The molecule has 1 saturated carbocycles. The zero-order chi connectivity index (χ0) is 16.7. The van der Waals surface area contributed by atoms with E-state index in [0.29, 0.717) is 0 Å². The Hall–Kier alpha value is -0.870. The van der Waals surface area contributed by atoms with Crippen LogP contribution >= 0.6 is 11.8 Å². The standard InChI is InChI=1S/C21H30N2OS/c1-2-18(3-1)22-10-8-21(9-11-22)7-6-17-16-19(4-5-20(17)24-21)23-12-14-25-15-13-23/h4-5,16,18H,1-3,6-15H2. The lowest BCUT2D eigenvalue weighted by atomic mass is 9.81. The third-order valence-corrected chi connectivity index (χ3v) is 7.84. The highest BCUT2D eigenvalue weighted by Gasteiger charge is 2.41. The summed E-state index contributed by atoms with van der Waals surface area (Å²) < 4.78 is 6.63. The van der Waals surface area contributed by atoms with Gasteiger partial charge in [-0.25, -0.2) is 0 Å². The maximum absolute atomic E-state index is 6.63. The first-order chi connectivity index (χ1) is 12.3. The lowest BCUT2D eigenvalue weighted by Gasteiger charge is -2.48. The van der Waals surface area contributed by atoms with Gasteiger partial charge in [-0.3, -0.25) is 0 Å². The van der Waals surface area contributed by atoms with Crippen molar-refractivity contribution in [3.63, 3.8) is 0 Å². The molecule has 1 aromatic carbocycles. The van der Waals surface area contributed by atoms with Crippen LogP contribution in [-0.4, -0.2) is 54.2 Å². The van der Waals surface area contributed by atoms with Crippen LogP contribution in [0.4, 0.5) is 5.69 Å². The molecule has 4 heteroatoms. The summed E-state index contributed by atoms with van der Waals surface area (Å²) in [6.45, 7) is 4.85. The minimum absolute atomic E-state index is 0.122. The smallest absolute Gasteiger partial charge is 0.123 e. The molecule has 3 heterocycles. The predicted molar refractivity (Wildman–Crippen MR) is 106 cm³/mol. The molecule has 0 unspecified atom stereocenters. The van der Waals surface area contributed by atoms with E-state index in [9.17, 15) is 0 Å². The number of ether oxygens (including phenoxy) is 1. The van der Waals surface area contributed by atoms with Crippen LogP contribution in [0.2, 0.25) is 0 Å². The Morgan fingerprint density at radius 2 is 1.80 bits per heavy atom. The lowest BCUT2D eigenvalue weighted by molar-refractivity contribution is -0.0336. The highest BCUT2D eigenvalue weighted by Crippen LogP contribution is 2.42. The SMILES string of the molecule is c1cc2c(cc1N1CCSCC1)CCC1(CCN(C3CCC3)CC1)O2. The summed E-state index contributed by atoms with van der Waals surface area (Å²) in [6.07, 6.45) is 9.12. The highest BCUT2D eigenvalue weighted by atomic mass is 32.2. The van der Waals surface area contributed by atoms with E-state index in [0.717, 1.165) is 6.04 Å².